The van der Waals surface area contributed by atoms with Gasteiger partial charge in [-0.2, -0.15) is 13.2 Å². The first-order valence-corrected chi connectivity index (χ1v) is 11.1. The number of hydrogen-bond donors (Lipinski definition) is 1. The maximum absolute atomic E-state index is 12.7. The second-order valence-corrected chi connectivity index (χ2v) is 9.03. The Morgan fingerprint density at radius 1 is 1.03 bits per heavy atom. The van der Waals surface area contributed by atoms with Gasteiger partial charge in [-0.1, -0.05) is 12.1 Å². The van der Waals surface area contributed by atoms with Gasteiger partial charge in [0.25, 0.3) is 0 Å². The molecule has 1 aliphatic heterocycles. The van der Waals surface area contributed by atoms with Gasteiger partial charge in [-0.25, -0.2) is 0 Å². The average molecular weight is 451 g/mol. The van der Waals surface area contributed by atoms with Gasteiger partial charge in [-0.3, -0.25) is 4.90 Å². The van der Waals surface area contributed by atoms with Crippen LogP contribution < -0.4 is 9.64 Å². The predicted molar refractivity (Wildman–Crippen MR) is 121 cm³/mol. The fourth-order valence-electron chi connectivity index (χ4n) is 3.99. The van der Waals surface area contributed by atoms with E-state index in [1.54, 1.807) is 0 Å². The molecule has 2 aromatic rings. The number of nitrogens with zero attached hydrogens (tertiary/aromatic N) is 2. The van der Waals surface area contributed by atoms with Gasteiger partial charge in [0.15, 0.2) is 0 Å². The molecule has 1 fully saturated rings. The minimum atomic E-state index is -4.31. The molecule has 1 N–H and O–H groups in total. The van der Waals surface area contributed by atoms with Crippen LogP contribution in [-0.2, 0) is 12.7 Å². The molecule has 3 rings (SSSR count). The summed E-state index contributed by atoms with van der Waals surface area (Å²) in [6.07, 6.45) is -2.19. The normalized spacial score (nSPS) is 16.9. The molecule has 0 unspecified atom stereocenters. The second kappa shape index (κ2) is 10.1. The molecular weight excluding hydrogens is 417 g/mol. The molecule has 0 aliphatic carbocycles. The lowest BCUT2D eigenvalue weighted by molar-refractivity contribution is -0.137. The van der Waals surface area contributed by atoms with E-state index >= 15 is 0 Å². The highest BCUT2D eigenvalue weighted by molar-refractivity contribution is 5.48. The molecule has 0 atom stereocenters. The third kappa shape index (κ3) is 6.87. The average Bonchev–Trinajstić information content (AvgIpc) is 2.74. The largest absolute Gasteiger partial charge is 0.491 e. The first kappa shape index (κ1) is 24.4. The Morgan fingerprint density at radius 3 is 2.16 bits per heavy atom. The van der Waals surface area contributed by atoms with Crippen molar-refractivity contribution in [2.24, 2.45) is 0 Å². The SMILES string of the molecule is CC(C)Oc1ccc(N(C)CCC2(O)CCN(Cc3ccc(C(F)(F)F)cc3)CC2)cc1. The third-order valence-electron chi connectivity index (χ3n) is 6.04. The lowest BCUT2D eigenvalue weighted by Crippen LogP contribution is -2.45. The van der Waals surface area contributed by atoms with Crippen molar-refractivity contribution >= 4 is 5.69 Å². The first-order chi connectivity index (χ1) is 15.0. The van der Waals surface area contributed by atoms with Gasteiger partial charge in [0, 0.05) is 38.9 Å². The summed E-state index contributed by atoms with van der Waals surface area (Å²) < 4.78 is 43.8. The summed E-state index contributed by atoms with van der Waals surface area (Å²) in [6, 6.07) is 13.3. The van der Waals surface area contributed by atoms with E-state index in [1.807, 2.05) is 45.2 Å². The van der Waals surface area contributed by atoms with Crippen LogP contribution in [-0.4, -0.2) is 48.4 Å². The summed E-state index contributed by atoms with van der Waals surface area (Å²) in [5, 5.41) is 11.0. The number of likely N-dealkylation sites (tertiary alicyclic amines) is 1. The van der Waals surface area contributed by atoms with Gasteiger partial charge in [-0.15, -0.1) is 0 Å². The van der Waals surface area contributed by atoms with Crippen molar-refractivity contribution in [2.45, 2.75) is 57.5 Å². The van der Waals surface area contributed by atoms with Gasteiger partial charge >= 0.3 is 6.18 Å². The topological polar surface area (TPSA) is 35.9 Å². The minimum absolute atomic E-state index is 0.137. The number of anilines is 1. The predicted octanol–water partition coefficient (Wildman–Crippen LogP) is 5.35. The van der Waals surface area contributed by atoms with Gasteiger partial charge < -0.3 is 14.7 Å². The zero-order valence-corrected chi connectivity index (χ0v) is 19.0. The fourth-order valence-corrected chi connectivity index (χ4v) is 3.99. The van der Waals surface area contributed by atoms with E-state index in [0.717, 1.165) is 48.8 Å². The lowest BCUT2D eigenvalue weighted by Gasteiger charge is -2.39. The Bertz CT molecular complexity index is 843. The minimum Gasteiger partial charge on any atom is -0.491 e. The Balaban J connectivity index is 1.45. The van der Waals surface area contributed by atoms with Gasteiger partial charge in [0.1, 0.15) is 5.75 Å². The number of piperidine rings is 1. The van der Waals surface area contributed by atoms with Crippen molar-refractivity contribution in [1.82, 2.24) is 4.90 Å². The maximum atomic E-state index is 12.7. The van der Waals surface area contributed by atoms with Crippen LogP contribution in [0.4, 0.5) is 18.9 Å². The number of aliphatic hydroxyl groups is 1. The van der Waals surface area contributed by atoms with Crippen molar-refractivity contribution < 1.29 is 23.0 Å². The number of hydrogen-bond acceptors (Lipinski definition) is 4. The smallest absolute Gasteiger partial charge is 0.416 e. The molecule has 1 aliphatic rings. The summed E-state index contributed by atoms with van der Waals surface area (Å²) in [7, 11) is 2.02. The van der Waals surface area contributed by atoms with Gasteiger partial charge in [0.05, 0.1) is 17.3 Å². The molecule has 0 amide bonds. The molecule has 0 spiro atoms. The van der Waals surface area contributed by atoms with Crippen LogP contribution in [0.15, 0.2) is 48.5 Å². The Labute approximate surface area is 188 Å². The number of ether oxygens (including phenoxy) is 1. The molecule has 0 bridgehead atoms. The summed E-state index contributed by atoms with van der Waals surface area (Å²) in [4.78, 5) is 4.32. The number of rotatable bonds is 8. The van der Waals surface area contributed by atoms with Crippen LogP contribution in [0, 0.1) is 0 Å². The fraction of sp³-hybridized carbons (Fsp3) is 0.520. The van der Waals surface area contributed by atoms with Crippen LogP contribution in [0.1, 0.15) is 44.2 Å². The second-order valence-electron chi connectivity index (χ2n) is 9.03. The van der Waals surface area contributed by atoms with Crippen LogP contribution in [0.5, 0.6) is 5.75 Å². The Morgan fingerprint density at radius 2 is 1.62 bits per heavy atom. The molecule has 7 heteroatoms. The van der Waals surface area contributed by atoms with E-state index in [4.69, 9.17) is 4.74 Å². The molecule has 176 valence electrons. The highest BCUT2D eigenvalue weighted by Gasteiger charge is 2.33. The molecule has 0 radical (unpaired) electrons. The van der Waals surface area contributed by atoms with Crippen molar-refractivity contribution in [3.8, 4) is 5.75 Å². The molecule has 1 heterocycles. The zero-order valence-electron chi connectivity index (χ0n) is 19.0. The quantitative estimate of drug-likeness (QED) is 0.589. The van der Waals surface area contributed by atoms with E-state index in [-0.39, 0.29) is 6.10 Å². The number of alkyl halides is 3. The molecule has 2 aromatic carbocycles. The lowest BCUT2D eigenvalue weighted by atomic mass is 9.88. The van der Waals surface area contributed by atoms with E-state index in [9.17, 15) is 18.3 Å². The van der Waals surface area contributed by atoms with Crippen LogP contribution in [0.2, 0.25) is 0 Å². The molecule has 1 saturated heterocycles. The van der Waals surface area contributed by atoms with E-state index in [0.29, 0.717) is 25.8 Å². The maximum Gasteiger partial charge on any atom is 0.416 e. The first-order valence-electron chi connectivity index (χ1n) is 11.1. The molecular formula is C25H33F3N2O2. The molecule has 32 heavy (non-hydrogen) atoms. The summed E-state index contributed by atoms with van der Waals surface area (Å²) in [5.74, 6) is 0.844. The van der Waals surface area contributed by atoms with Crippen molar-refractivity contribution in [2.75, 3.05) is 31.6 Å². The Kier molecular flexibility index (Phi) is 7.72. The molecule has 0 saturated carbocycles. The highest BCUT2D eigenvalue weighted by Crippen LogP contribution is 2.30. The van der Waals surface area contributed by atoms with Gasteiger partial charge in [-0.05, 0) is 75.1 Å². The molecule has 4 nitrogen and oxygen atoms in total. The highest BCUT2D eigenvalue weighted by atomic mass is 19.4. The summed E-state index contributed by atoms with van der Waals surface area (Å²) in [5.41, 5.74) is 0.587. The number of benzene rings is 2. The summed E-state index contributed by atoms with van der Waals surface area (Å²) in [6.45, 7) is 6.77. The number of halogens is 3. The zero-order chi connectivity index (χ0) is 23.4. The van der Waals surface area contributed by atoms with E-state index < -0.39 is 17.3 Å². The van der Waals surface area contributed by atoms with Crippen LogP contribution in [0.25, 0.3) is 0 Å². The van der Waals surface area contributed by atoms with Crippen molar-refractivity contribution in [3.05, 3.63) is 59.7 Å². The monoisotopic (exact) mass is 450 g/mol. The molecule has 0 aromatic heterocycles. The Hall–Kier alpha value is -2.25. The summed E-state index contributed by atoms with van der Waals surface area (Å²) >= 11 is 0. The van der Waals surface area contributed by atoms with Gasteiger partial charge in [0.2, 0.25) is 0 Å². The third-order valence-corrected chi connectivity index (χ3v) is 6.04. The van der Waals surface area contributed by atoms with E-state index in [1.165, 1.54) is 12.1 Å². The van der Waals surface area contributed by atoms with Crippen LogP contribution in [0.3, 0.4) is 0 Å². The van der Waals surface area contributed by atoms with Crippen molar-refractivity contribution in [3.63, 3.8) is 0 Å². The van der Waals surface area contributed by atoms with E-state index in [2.05, 4.69) is 9.80 Å². The van der Waals surface area contributed by atoms with Crippen molar-refractivity contribution in [1.29, 1.82) is 0 Å². The van der Waals surface area contributed by atoms with Crippen LogP contribution >= 0.6 is 0 Å². The standard InChI is InChI=1S/C25H33F3N2O2/c1-19(2)32-23-10-8-22(9-11-23)29(3)15-12-24(31)13-16-30(17-14-24)18-20-4-6-21(7-5-20)25(26,27)28/h4-11,19,31H,12-18H2,1-3H3.